The first-order valence-corrected chi connectivity index (χ1v) is 8.98. The first kappa shape index (κ1) is 19.8. The molecule has 7 heteroatoms. The Morgan fingerprint density at radius 1 is 1.21 bits per heavy atom. The molecule has 1 saturated carbocycles. The maximum atomic E-state index is 14.0. The summed E-state index contributed by atoms with van der Waals surface area (Å²) >= 11 is 0. The van der Waals surface area contributed by atoms with Gasteiger partial charge in [0.05, 0.1) is 13.5 Å². The maximum absolute atomic E-state index is 14.0. The Kier molecular flexibility index (Phi) is 5.92. The van der Waals surface area contributed by atoms with Crippen molar-refractivity contribution in [2.75, 3.05) is 13.7 Å². The van der Waals surface area contributed by atoms with Gasteiger partial charge in [0.15, 0.2) is 11.6 Å². The molecule has 0 unspecified atom stereocenters. The average molecular weight is 389 g/mol. The lowest BCUT2D eigenvalue weighted by Crippen LogP contribution is -2.34. The van der Waals surface area contributed by atoms with E-state index in [2.05, 4.69) is 0 Å². The summed E-state index contributed by atoms with van der Waals surface area (Å²) in [5, 5.41) is 8.96. The molecular weight excluding hydrogens is 368 g/mol. The smallest absolute Gasteiger partial charge is 0.305 e. The molecule has 0 aromatic heterocycles. The van der Waals surface area contributed by atoms with Crippen molar-refractivity contribution >= 4 is 11.9 Å². The highest BCUT2D eigenvalue weighted by molar-refractivity contribution is 5.83. The summed E-state index contributed by atoms with van der Waals surface area (Å²) in [6.45, 7) is -0.234. The number of carboxylic acids is 1. The fraction of sp³-hybridized carbons (Fsp3) is 0.333. The predicted molar refractivity (Wildman–Crippen MR) is 97.9 cm³/mol. The molecule has 1 fully saturated rings. The quantitative estimate of drug-likeness (QED) is 0.749. The second kappa shape index (κ2) is 8.37. The Hall–Kier alpha value is -2.96. The molecule has 0 saturated heterocycles. The fourth-order valence-corrected chi connectivity index (χ4v) is 3.32. The zero-order chi connectivity index (χ0) is 20.3. The second-order valence-corrected chi connectivity index (χ2v) is 6.84. The van der Waals surface area contributed by atoms with Crippen LogP contribution >= 0.6 is 0 Å². The number of amides is 1. The van der Waals surface area contributed by atoms with E-state index in [0.29, 0.717) is 12.2 Å². The number of hydrogen-bond acceptors (Lipinski definition) is 3. The van der Waals surface area contributed by atoms with Gasteiger partial charge in [-0.25, -0.2) is 8.78 Å². The number of nitrogens with zero attached hydrogens (tertiary/aromatic N) is 1. The molecule has 28 heavy (non-hydrogen) atoms. The lowest BCUT2D eigenvalue weighted by molar-refractivity contribution is -0.139. The Labute approximate surface area is 161 Å². The van der Waals surface area contributed by atoms with Crippen molar-refractivity contribution in [2.24, 2.45) is 5.92 Å². The highest BCUT2D eigenvalue weighted by Gasteiger charge is 2.46. The first-order valence-electron chi connectivity index (χ1n) is 8.98. The molecule has 5 nitrogen and oxygen atoms in total. The van der Waals surface area contributed by atoms with E-state index >= 15 is 0 Å². The summed E-state index contributed by atoms with van der Waals surface area (Å²) in [7, 11) is 1.57. The summed E-state index contributed by atoms with van der Waals surface area (Å²) in [5.74, 6) is -2.93. The zero-order valence-electron chi connectivity index (χ0n) is 15.4. The summed E-state index contributed by atoms with van der Waals surface area (Å²) in [4.78, 5) is 25.2. The molecule has 1 N–H and O–H groups in total. The molecule has 148 valence electrons. The van der Waals surface area contributed by atoms with Gasteiger partial charge >= 0.3 is 5.97 Å². The van der Waals surface area contributed by atoms with E-state index in [9.17, 15) is 18.4 Å². The zero-order valence-corrected chi connectivity index (χ0v) is 15.4. The molecule has 0 spiro atoms. The lowest BCUT2D eigenvalue weighted by Gasteiger charge is -2.23. The lowest BCUT2D eigenvalue weighted by atomic mass is 10.1. The van der Waals surface area contributed by atoms with Crippen molar-refractivity contribution in [3.8, 4) is 5.75 Å². The molecule has 0 bridgehead atoms. The number of carbonyl (C=O) groups is 2. The largest absolute Gasteiger partial charge is 0.497 e. The van der Waals surface area contributed by atoms with Gasteiger partial charge < -0.3 is 14.7 Å². The van der Waals surface area contributed by atoms with Crippen LogP contribution in [0, 0.1) is 17.6 Å². The number of ether oxygens (including phenoxy) is 1. The van der Waals surface area contributed by atoms with E-state index in [4.69, 9.17) is 9.84 Å². The van der Waals surface area contributed by atoms with Crippen LogP contribution in [-0.2, 0) is 16.1 Å². The fourth-order valence-electron chi connectivity index (χ4n) is 3.32. The Morgan fingerprint density at radius 2 is 1.96 bits per heavy atom. The van der Waals surface area contributed by atoms with Gasteiger partial charge in [0.2, 0.25) is 5.91 Å². The van der Waals surface area contributed by atoms with Gasteiger partial charge in [0.1, 0.15) is 5.75 Å². The van der Waals surface area contributed by atoms with Crippen molar-refractivity contribution in [1.29, 1.82) is 0 Å². The van der Waals surface area contributed by atoms with Crippen molar-refractivity contribution in [2.45, 2.75) is 25.3 Å². The van der Waals surface area contributed by atoms with E-state index in [1.807, 2.05) is 24.3 Å². The van der Waals surface area contributed by atoms with E-state index in [1.165, 1.54) is 17.0 Å². The van der Waals surface area contributed by atoms with Crippen LogP contribution in [0.15, 0.2) is 42.5 Å². The molecule has 0 radical (unpaired) electrons. The molecule has 1 aliphatic carbocycles. The minimum Gasteiger partial charge on any atom is -0.497 e. The van der Waals surface area contributed by atoms with Gasteiger partial charge in [0, 0.05) is 24.6 Å². The summed E-state index contributed by atoms with van der Waals surface area (Å²) in [6.07, 6.45) is 0.362. The maximum Gasteiger partial charge on any atom is 0.305 e. The van der Waals surface area contributed by atoms with Gasteiger partial charge in [-0.2, -0.15) is 0 Å². The standard InChI is InChI=1S/C21H21F2NO4/c1-28-15-6-2-4-13(10-15)16-11-17(16)21(27)24(9-8-19(25)26)12-14-5-3-7-18(22)20(14)23/h2-7,10,16-17H,8-9,11-12H2,1H3,(H,25,26)/t16-,17+/m0/s1. The highest BCUT2D eigenvalue weighted by Crippen LogP contribution is 2.49. The van der Waals surface area contributed by atoms with Crippen LogP contribution in [-0.4, -0.2) is 35.5 Å². The van der Waals surface area contributed by atoms with Gasteiger partial charge in [-0.05, 0) is 36.1 Å². The van der Waals surface area contributed by atoms with Crippen molar-refractivity contribution in [1.82, 2.24) is 4.90 Å². The van der Waals surface area contributed by atoms with Crippen molar-refractivity contribution in [3.63, 3.8) is 0 Å². The van der Waals surface area contributed by atoms with Crippen LogP contribution in [0.2, 0.25) is 0 Å². The summed E-state index contributed by atoms with van der Waals surface area (Å²) in [6, 6.07) is 11.2. The molecule has 2 atom stereocenters. The third-order valence-electron chi connectivity index (χ3n) is 4.93. The van der Waals surface area contributed by atoms with Crippen LogP contribution in [0.5, 0.6) is 5.75 Å². The van der Waals surface area contributed by atoms with Crippen LogP contribution in [0.3, 0.4) is 0 Å². The number of carbonyl (C=O) groups excluding carboxylic acids is 1. The molecule has 1 aliphatic rings. The number of benzene rings is 2. The number of aliphatic carboxylic acids is 1. The van der Waals surface area contributed by atoms with Gasteiger partial charge in [-0.3, -0.25) is 9.59 Å². The van der Waals surface area contributed by atoms with Crippen LogP contribution in [0.25, 0.3) is 0 Å². The molecule has 3 rings (SSSR count). The minimum atomic E-state index is -1.06. The summed E-state index contributed by atoms with van der Waals surface area (Å²) in [5.41, 5.74) is 0.991. The van der Waals surface area contributed by atoms with E-state index in [1.54, 1.807) is 7.11 Å². The molecular formula is C21H21F2NO4. The topological polar surface area (TPSA) is 66.8 Å². The molecule has 0 aliphatic heterocycles. The van der Waals surface area contributed by atoms with Crippen molar-refractivity contribution in [3.05, 3.63) is 65.2 Å². The van der Waals surface area contributed by atoms with Crippen LogP contribution in [0.1, 0.15) is 29.9 Å². The van der Waals surface area contributed by atoms with E-state index in [-0.39, 0.29) is 42.8 Å². The monoisotopic (exact) mass is 389 g/mol. The van der Waals surface area contributed by atoms with E-state index in [0.717, 1.165) is 11.6 Å². The van der Waals surface area contributed by atoms with Crippen LogP contribution < -0.4 is 4.74 Å². The number of hydrogen-bond donors (Lipinski definition) is 1. The summed E-state index contributed by atoms with van der Waals surface area (Å²) < 4.78 is 32.7. The Morgan fingerprint density at radius 3 is 2.68 bits per heavy atom. The Bertz CT molecular complexity index is 886. The van der Waals surface area contributed by atoms with E-state index < -0.39 is 17.6 Å². The van der Waals surface area contributed by atoms with Gasteiger partial charge in [0.25, 0.3) is 0 Å². The highest BCUT2D eigenvalue weighted by atomic mass is 19.2. The first-order chi connectivity index (χ1) is 13.4. The average Bonchev–Trinajstić information content (AvgIpc) is 3.48. The number of carboxylic acid groups (broad SMARTS) is 1. The predicted octanol–water partition coefficient (Wildman–Crippen LogP) is 3.58. The normalized spacial score (nSPS) is 17.8. The molecule has 0 heterocycles. The number of methoxy groups -OCH3 is 1. The second-order valence-electron chi connectivity index (χ2n) is 6.84. The SMILES string of the molecule is COc1cccc([C@@H]2C[C@H]2C(=O)N(CCC(=O)O)Cc2cccc(F)c2F)c1. The van der Waals surface area contributed by atoms with Gasteiger partial charge in [-0.15, -0.1) is 0 Å². The van der Waals surface area contributed by atoms with Crippen LogP contribution in [0.4, 0.5) is 8.78 Å². The van der Waals surface area contributed by atoms with Crippen molar-refractivity contribution < 1.29 is 28.2 Å². The third kappa shape index (κ3) is 4.47. The molecule has 2 aromatic carbocycles. The molecule has 1 amide bonds. The Balaban J connectivity index is 1.75. The minimum absolute atomic E-state index is 0.00674. The number of rotatable bonds is 8. The third-order valence-corrected chi connectivity index (χ3v) is 4.93. The number of halogens is 2. The molecule has 2 aromatic rings. The van der Waals surface area contributed by atoms with Gasteiger partial charge in [-0.1, -0.05) is 24.3 Å².